The van der Waals surface area contributed by atoms with Crippen molar-refractivity contribution in [1.29, 1.82) is 0 Å². The van der Waals surface area contributed by atoms with E-state index < -0.39 is 11.0 Å². The standard InChI is InChI=1S/C9H15N3OS/c1-9(2,3)14(13)10-7-8-5-6-12(4)11-8/h5-7H,1-4H3/b10-7+/t14-/m1/s1. The minimum atomic E-state index is -1.21. The summed E-state index contributed by atoms with van der Waals surface area (Å²) in [4.78, 5) is 0. The molecule has 0 bridgehead atoms. The molecule has 0 aliphatic carbocycles. The number of aromatic nitrogens is 2. The summed E-state index contributed by atoms with van der Waals surface area (Å²) in [5, 5.41) is 4.10. The number of nitrogens with zero attached hydrogens (tertiary/aromatic N) is 3. The lowest BCUT2D eigenvalue weighted by atomic mass is 10.3. The van der Waals surface area contributed by atoms with E-state index in [9.17, 15) is 4.21 Å². The van der Waals surface area contributed by atoms with Gasteiger partial charge < -0.3 is 0 Å². The number of aryl methyl sites for hydroxylation is 1. The van der Waals surface area contributed by atoms with Crippen molar-refractivity contribution in [2.45, 2.75) is 25.5 Å². The Morgan fingerprint density at radius 2 is 2.21 bits per heavy atom. The Hall–Kier alpha value is -0.970. The molecule has 0 aliphatic heterocycles. The molecule has 1 heterocycles. The Bertz CT molecular complexity index is 362. The van der Waals surface area contributed by atoms with Crippen LogP contribution in [0.1, 0.15) is 26.5 Å². The third kappa shape index (κ3) is 3.06. The summed E-state index contributed by atoms with van der Waals surface area (Å²) in [6.45, 7) is 5.66. The lowest BCUT2D eigenvalue weighted by Crippen LogP contribution is -2.19. The molecule has 0 unspecified atom stereocenters. The van der Waals surface area contributed by atoms with E-state index in [1.807, 2.05) is 40.1 Å². The third-order valence-corrected chi connectivity index (χ3v) is 2.88. The Morgan fingerprint density at radius 3 is 2.64 bits per heavy atom. The van der Waals surface area contributed by atoms with Crippen molar-refractivity contribution in [3.63, 3.8) is 0 Å². The first-order valence-electron chi connectivity index (χ1n) is 4.35. The van der Waals surface area contributed by atoms with Crippen molar-refractivity contribution in [1.82, 2.24) is 9.78 Å². The van der Waals surface area contributed by atoms with Gasteiger partial charge in [-0.1, -0.05) is 0 Å². The zero-order chi connectivity index (χ0) is 10.8. The van der Waals surface area contributed by atoms with E-state index in [1.54, 1.807) is 10.9 Å². The quantitative estimate of drug-likeness (QED) is 0.695. The molecular formula is C9H15N3OS. The summed E-state index contributed by atoms with van der Waals surface area (Å²) >= 11 is 0. The Morgan fingerprint density at radius 1 is 1.57 bits per heavy atom. The number of rotatable bonds is 2. The third-order valence-electron chi connectivity index (χ3n) is 1.54. The molecule has 1 aromatic rings. The molecule has 4 nitrogen and oxygen atoms in total. The van der Waals surface area contributed by atoms with E-state index in [-0.39, 0.29) is 4.75 Å². The molecule has 1 aromatic heterocycles. The SMILES string of the molecule is Cn1ccc(/C=N/[S@](=O)C(C)(C)C)n1. The minimum absolute atomic E-state index is 0.314. The fourth-order valence-electron chi connectivity index (χ4n) is 0.762. The highest BCUT2D eigenvalue weighted by molar-refractivity contribution is 7.85. The summed E-state index contributed by atoms with van der Waals surface area (Å²) < 4.78 is 16.8. The Kier molecular flexibility index (Phi) is 3.21. The van der Waals surface area contributed by atoms with Crippen molar-refractivity contribution >= 4 is 17.2 Å². The molecule has 0 saturated carbocycles. The van der Waals surface area contributed by atoms with Crippen molar-refractivity contribution in [3.8, 4) is 0 Å². The van der Waals surface area contributed by atoms with Crippen molar-refractivity contribution < 1.29 is 4.21 Å². The highest BCUT2D eigenvalue weighted by Gasteiger charge is 2.18. The molecule has 14 heavy (non-hydrogen) atoms. The van der Waals surface area contributed by atoms with Gasteiger partial charge in [0.15, 0.2) is 0 Å². The molecule has 0 saturated heterocycles. The van der Waals surface area contributed by atoms with Crippen LogP contribution in [0.3, 0.4) is 0 Å². The smallest absolute Gasteiger partial charge is 0.144 e. The van der Waals surface area contributed by atoms with Crippen molar-refractivity contribution in [2.75, 3.05) is 0 Å². The summed E-state index contributed by atoms with van der Waals surface area (Å²) in [7, 11) is 0.623. The normalized spacial score (nSPS) is 14.9. The molecule has 0 fully saturated rings. The van der Waals surface area contributed by atoms with Gasteiger partial charge in [0.05, 0.1) is 11.0 Å². The number of hydrogen-bond acceptors (Lipinski definition) is 2. The summed E-state index contributed by atoms with van der Waals surface area (Å²) in [6, 6.07) is 1.82. The van der Waals surface area contributed by atoms with Gasteiger partial charge >= 0.3 is 0 Å². The molecule has 5 heteroatoms. The highest BCUT2D eigenvalue weighted by atomic mass is 32.2. The van der Waals surface area contributed by atoms with Gasteiger partial charge in [0.1, 0.15) is 16.7 Å². The number of hydrogen-bond donors (Lipinski definition) is 0. The molecule has 78 valence electrons. The lowest BCUT2D eigenvalue weighted by molar-refractivity contribution is 0.651. The monoisotopic (exact) mass is 213 g/mol. The van der Waals surface area contributed by atoms with Crippen LogP contribution in [0.15, 0.2) is 16.7 Å². The second-order valence-electron chi connectivity index (χ2n) is 4.01. The van der Waals surface area contributed by atoms with Crippen LogP contribution in [-0.2, 0) is 18.0 Å². The van der Waals surface area contributed by atoms with E-state index in [1.165, 1.54) is 0 Å². The van der Waals surface area contributed by atoms with Crippen LogP contribution in [0, 0.1) is 0 Å². The first kappa shape index (κ1) is 11.1. The predicted molar refractivity (Wildman–Crippen MR) is 58.7 cm³/mol. The maximum atomic E-state index is 11.5. The summed E-state index contributed by atoms with van der Waals surface area (Å²) in [5.74, 6) is 0. The average Bonchev–Trinajstić information content (AvgIpc) is 2.45. The highest BCUT2D eigenvalue weighted by Crippen LogP contribution is 2.11. The van der Waals surface area contributed by atoms with Crippen LogP contribution in [0.2, 0.25) is 0 Å². The molecule has 0 aromatic carbocycles. The predicted octanol–water partition coefficient (Wildman–Crippen LogP) is 1.30. The zero-order valence-electron chi connectivity index (χ0n) is 8.89. The minimum Gasteiger partial charge on any atom is -0.275 e. The fourth-order valence-corrected chi connectivity index (χ4v) is 1.28. The molecule has 1 rings (SSSR count). The maximum absolute atomic E-state index is 11.5. The van der Waals surface area contributed by atoms with Gasteiger partial charge in [0.2, 0.25) is 0 Å². The first-order valence-corrected chi connectivity index (χ1v) is 5.46. The zero-order valence-corrected chi connectivity index (χ0v) is 9.71. The van der Waals surface area contributed by atoms with Crippen LogP contribution in [0.25, 0.3) is 0 Å². The summed E-state index contributed by atoms with van der Waals surface area (Å²) in [6.07, 6.45) is 3.36. The van der Waals surface area contributed by atoms with Gasteiger partial charge in [0.25, 0.3) is 0 Å². The van der Waals surface area contributed by atoms with Crippen molar-refractivity contribution in [3.05, 3.63) is 18.0 Å². The molecule has 1 atom stereocenters. The second kappa shape index (κ2) is 4.04. The largest absolute Gasteiger partial charge is 0.275 e. The first-order chi connectivity index (χ1) is 6.39. The van der Waals surface area contributed by atoms with Gasteiger partial charge in [-0.15, -0.1) is 0 Å². The summed E-state index contributed by atoms with van der Waals surface area (Å²) in [5.41, 5.74) is 0.727. The molecule has 0 amide bonds. The van der Waals surface area contributed by atoms with E-state index in [2.05, 4.69) is 9.50 Å². The van der Waals surface area contributed by atoms with Gasteiger partial charge in [-0.05, 0) is 26.8 Å². The maximum Gasteiger partial charge on any atom is 0.144 e. The fraction of sp³-hybridized carbons (Fsp3) is 0.556. The Balaban J connectivity index is 2.70. The van der Waals surface area contributed by atoms with E-state index in [0.717, 1.165) is 5.69 Å². The van der Waals surface area contributed by atoms with Crippen LogP contribution >= 0.6 is 0 Å². The average molecular weight is 213 g/mol. The molecule has 0 radical (unpaired) electrons. The van der Waals surface area contributed by atoms with Gasteiger partial charge in [-0.3, -0.25) is 4.68 Å². The van der Waals surface area contributed by atoms with E-state index in [0.29, 0.717) is 0 Å². The molecule has 0 aliphatic rings. The second-order valence-corrected chi connectivity index (χ2v) is 5.94. The van der Waals surface area contributed by atoms with Crippen LogP contribution in [0.5, 0.6) is 0 Å². The lowest BCUT2D eigenvalue weighted by Gasteiger charge is -2.12. The van der Waals surface area contributed by atoms with Crippen LogP contribution < -0.4 is 0 Å². The van der Waals surface area contributed by atoms with Gasteiger partial charge in [-0.2, -0.15) is 9.50 Å². The van der Waals surface area contributed by atoms with E-state index >= 15 is 0 Å². The van der Waals surface area contributed by atoms with E-state index in [4.69, 9.17) is 0 Å². The molecular weight excluding hydrogens is 198 g/mol. The van der Waals surface area contributed by atoms with Crippen LogP contribution in [0.4, 0.5) is 0 Å². The molecule has 0 spiro atoms. The van der Waals surface area contributed by atoms with Crippen molar-refractivity contribution in [2.24, 2.45) is 11.4 Å². The van der Waals surface area contributed by atoms with Crippen LogP contribution in [-0.4, -0.2) is 25.0 Å². The Labute approximate surface area is 86.6 Å². The van der Waals surface area contributed by atoms with Gasteiger partial charge in [-0.25, -0.2) is 4.21 Å². The van der Waals surface area contributed by atoms with Gasteiger partial charge in [0, 0.05) is 13.2 Å². The molecule has 0 N–H and O–H groups in total. The topological polar surface area (TPSA) is 47.2 Å².